The number of hydrogen-bond donors (Lipinski definition) is 2. The van der Waals surface area contributed by atoms with E-state index in [1.54, 1.807) is 7.11 Å². The fraction of sp³-hybridized carbons (Fsp3) is 0.350. The molecule has 0 radical (unpaired) electrons. The van der Waals surface area contributed by atoms with Gasteiger partial charge < -0.3 is 20.1 Å². The lowest BCUT2D eigenvalue weighted by Crippen LogP contribution is -2.31. The molecule has 0 aliphatic carbocycles. The van der Waals surface area contributed by atoms with Crippen LogP contribution < -0.4 is 20.1 Å². The van der Waals surface area contributed by atoms with Gasteiger partial charge in [-0.25, -0.2) is 0 Å². The fourth-order valence-corrected chi connectivity index (χ4v) is 2.42. The number of amides is 1. The van der Waals surface area contributed by atoms with E-state index in [1.807, 2.05) is 56.3 Å². The predicted molar refractivity (Wildman–Crippen MR) is 102 cm³/mol. The van der Waals surface area contributed by atoms with E-state index in [-0.39, 0.29) is 5.91 Å². The SMILES string of the molecule is CCOc1ccc(N[C@H](C)C(=O)Nc2ccc(CC)cc2)cc1OC. The average molecular weight is 342 g/mol. The molecule has 2 aromatic rings. The van der Waals surface area contributed by atoms with Crippen LogP contribution in [0, 0.1) is 0 Å². The molecule has 0 aliphatic heterocycles. The van der Waals surface area contributed by atoms with Gasteiger partial charge in [0.15, 0.2) is 11.5 Å². The number of rotatable bonds is 8. The van der Waals surface area contributed by atoms with E-state index in [2.05, 4.69) is 17.6 Å². The van der Waals surface area contributed by atoms with Gasteiger partial charge in [-0.1, -0.05) is 19.1 Å². The molecule has 0 fully saturated rings. The second-order valence-corrected chi connectivity index (χ2v) is 5.70. The first-order valence-electron chi connectivity index (χ1n) is 8.54. The van der Waals surface area contributed by atoms with Crippen LogP contribution in [0.15, 0.2) is 42.5 Å². The van der Waals surface area contributed by atoms with E-state index in [4.69, 9.17) is 9.47 Å². The van der Waals surface area contributed by atoms with Crippen LogP contribution in [0.3, 0.4) is 0 Å². The maximum absolute atomic E-state index is 12.4. The Balaban J connectivity index is 2.00. The molecule has 0 unspecified atom stereocenters. The Hall–Kier alpha value is -2.69. The maximum atomic E-state index is 12.4. The van der Waals surface area contributed by atoms with Gasteiger partial charge in [0.2, 0.25) is 5.91 Å². The zero-order valence-corrected chi connectivity index (χ0v) is 15.3. The third-order valence-corrected chi connectivity index (χ3v) is 3.87. The summed E-state index contributed by atoms with van der Waals surface area (Å²) in [6.07, 6.45) is 0.978. The molecule has 25 heavy (non-hydrogen) atoms. The minimum Gasteiger partial charge on any atom is -0.493 e. The normalized spacial score (nSPS) is 11.5. The van der Waals surface area contributed by atoms with Gasteiger partial charge in [0, 0.05) is 17.4 Å². The van der Waals surface area contributed by atoms with Crippen molar-refractivity contribution >= 4 is 17.3 Å². The summed E-state index contributed by atoms with van der Waals surface area (Å²) in [6, 6.07) is 13.0. The highest BCUT2D eigenvalue weighted by Crippen LogP contribution is 2.30. The van der Waals surface area contributed by atoms with Crippen LogP contribution in [-0.4, -0.2) is 25.7 Å². The van der Waals surface area contributed by atoms with Crippen molar-refractivity contribution in [3.63, 3.8) is 0 Å². The molecule has 5 heteroatoms. The first kappa shape index (κ1) is 18.6. The topological polar surface area (TPSA) is 59.6 Å². The Kier molecular flexibility index (Phi) is 6.69. The standard InChI is InChI=1S/C20H26N2O3/c1-5-15-7-9-16(10-8-15)22-20(23)14(3)21-17-11-12-18(25-6-2)19(13-17)24-4/h7-14,21H,5-6H2,1-4H3,(H,22,23)/t14-/m1/s1. The molecule has 1 amide bonds. The van der Waals surface area contributed by atoms with Crippen molar-refractivity contribution in [1.82, 2.24) is 0 Å². The van der Waals surface area contributed by atoms with E-state index in [1.165, 1.54) is 5.56 Å². The summed E-state index contributed by atoms with van der Waals surface area (Å²) in [5, 5.41) is 6.10. The second kappa shape index (κ2) is 8.97. The number of methoxy groups -OCH3 is 1. The lowest BCUT2D eigenvalue weighted by Gasteiger charge is -2.17. The first-order valence-corrected chi connectivity index (χ1v) is 8.54. The number of ether oxygens (including phenoxy) is 2. The van der Waals surface area contributed by atoms with Gasteiger partial charge in [-0.05, 0) is 50.1 Å². The van der Waals surface area contributed by atoms with Crippen LogP contribution in [0.4, 0.5) is 11.4 Å². The summed E-state index contributed by atoms with van der Waals surface area (Å²) in [5.41, 5.74) is 2.83. The lowest BCUT2D eigenvalue weighted by atomic mass is 10.1. The van der Waals surface area contributed by atoms with Gasteiger partial charge in [-0.15, -0.1) is 0 Å². The van der Waals surface area contributed by atoms with Crippen molar-refractivity contribution in [1.29, 1.82) is 0 Å². The molecule has 2 aromatic carbocycles. The Morgan fingerprint density at radius 3 is 2.32 bits per heavy atom. The third kappa shape index (κ3) is 5.14. The number of nitrogens with one attached hydrogen (secondary N) is 2. The number of carbonyl (C=O) groups excluding carboxylic acids is 1. The average Bonchev–Trinajstić information content (AvgIpc) is 2.63. The zero-order valence-electron chi connectivity index (χ0n) is 15.3. The molecule has 134 valence electrons. The monoisotopic (exact) mass is 342 g/mol. The molecule has 1 atom stereocenters. The lowest BCUT2D eigenvalue weighted by molar-refractivity contribution is -0.116. The van der Waals surface area contributed by atoms with Crippen molar-refractivity contribution in [2.24, 2.45) is 0 Å². The van der Waals surface area contributed by atoms with Crippen molar-refractivity contribution < 1.29 is 14.3 Å². The molecular formula is C20H26N2O3. The highest BCUT2D eigenvalue weighted by atomic mass is 16.5. The fourth-order valence-electron chi connectivity index (χ4n) is 2.42. The number of hydrogen-bond acceptors (Lipinski definition) is 4. The Bertz CT molecular complexity index is 699. The molecule has 0 saturated heterocycles. The Labute approximate surface area is 149 Å². The predicted octanol–water partition coefficient (Wildman–Crippen LogP) is 4.10. The molecule has 0 aliphatic rings. The number of benzene rings is 2. The Morgan fingerprint density at radius 1 is 1.04 bits per heavy atom. The van der Waals surface area contributed by atoms with Crippen LogP contribution in [-0.2, 0) is 11.2 Å². The minimum atomic E-state index is -0.395. The number of anilines is 2. The molecule has 5 nitrogen and oxygen atoms in total. The van der Waals surface area contributed by atoms with Crippen molar-refractivity contribution in [3.05, 3.63) is 48.0 Å². The largest absolute Gasteiger partial charge is 0.493 e. The van der Waals surface area contributed by atoms with Gasteiger partial charge in [-0.3, -0.25) is 4.79 Å². The van der Waals surface area contributed by atoms with Crippen LogP contribution in [0.5, 0.6) is 11.5 Å². The van der Waals surface area contributed by atoms with Crippen LogP contribution in [0.2, 0.25) is 0 Å². The molecule has 0 heterocycles. The van der Waals surface area contributed by atoms with Gasteiger partial charge in [-0.2, -0.15) is 0 Å². The zero-order chi connectivity index (χ0) is 18.2. The molecular weight excluding hydrogens is 316 g/mol. The smallest absolute Gasteiger partial charge is 0.246 e. The van der Waals surface area contributed by atoms with E-state index < -0.39 is 6.04 Å². The van der Waals surface area contributed by atoms with E-state index >= 15 is 0 Å². The third-order valence-electron chi connectivity index (χ3n) is 3.87. The molecule has 0 saturated carbocycles. The van der Waals surface area contributed by atoms with E-state index in [0.29, 0.717) is 18.1 Å². The highest BCUT2D eigenvalue weighted by Gasteiger charge is 2.14. The molecule has 0 spiro atoms. The molecule has 2 rings (SSSR count). The van der Waals surface area contributed by atoms with E-state index in [0.717, 1.165) is 17.8 Å². The van der Waals surface area contributed by atoms with Crippen molar-refractivity contribution in [2.75, 3.05) is 24.4 Å². The van der Waals surface area contributed by atoms with E-state index in [9.17, 15) is 4.79 Å². The maximum Gasteiger partial charge on any atom is 0.246 e. The highest BCUT2D eigenvalue weighted by molar-refractivity contribution is 5.96. The van der Waals surface area contributed by atoms with Crippen LogP contribution in [0.25, 0.3) is 0 Å². The summed E-state index contributed by atoms with van der Waals surface area (Å²) in [4.78, 5) is 12.4. The van der Waals surface area contributed by atoms with Gasteiger partial charge in [0.1, 0.15) is 6.04 Å². The number of carbonyl (C=O) groups is 1. The molecule has 0 aromatic heterocycles. The summed E-state index contributed by atoms with van der Waals surface area (Å²) in [5.74, 6) is 1.22. The Morgan fingerprint density at radius 2 is 1.72 bits per heavy atom. The van der Waals surface area contributed by atoms with Crippen molar-refractivity contribution in [2.45, 2.75) is 33.2 Å². The summed E-state index contributed by atoms with van der Waals surface area (Å²) >= 11 is 0. The number of aryl methyl sites for hydroxylation is 1. The van der Waals surface area contributed by atoms with Gasteiger partial charge in [0.05, 0.1) is 13.7 Å². The summed E-state index contributed by atoms with van der Waals surface area (Å²) < 4.78 is 10.8. The van der Waals surface area contributed by atoms with Crippen molar-refractivity contribution in [3.8, 4) is 11.5 Å². The van der Waals surface area contributed by atoms with Gasteiger partial charge in [0.25, 0.3) is 0 Å². The summed E-state index contributed by atoms with van der Waals surface area (Å²) in [7, 11) is 1.59. The summed E-state index contributed by atoms with van der Waals surface area (Å²) in [6.45, 7) is 6.41. The van der Waals surface area contributed by atoms with Crippen LogP contribution >= 0.6 is 0 Å². The van der Waals surface area contributed by atoms with Crippen LogP contribution in [0.1, 0.15) is 26.3 Å². The quantitative estimate of drug-likeness (QED) is 0.758. The minimum absolute atomic E-state index is 0.0999. The first-order chi connectivity index (χ1) is 12.1. The molecule has 0 bridgehead atoms. The second-order valence-electron chi connectivity index (χ2n) is 5.70. The molecule has 2 N–H and O–H groups in total. The van der Waals surface area contributed by atoms with Gasteiger partial charge >= 0.3 is 0 Å².